The fraction of sp³-hybridized carbons (Fsp3) is 0.167. The first-order valence-electron chi connectivity index (χ1n) is 5.10. The minimum absolute atomic E-state index is 0.173. The lowest BCUT2D eigenvalue weighted by molar-refractivity contribution is -0.138. The van der Waals surface area contributed by atoms with E-state index in [1.807, 2.05) is 30.3 Å². The average Bonchev–Trinajstić information content (AvgIpc) is 2.29. The maximum absolute atomic E-state index is 10.7. The number of aromatic nitrogens is 1. The minimum Gasteiger partial charge on any atom is -0.480 e. The van der Waals surface area contributed by atoms with Gasteiger partial charge in [0.25, 0.3) is 0 Å². The number of carboxylic acid groups (broad SMARTS) is 1. The van der Waals surface area contributed by atoms with Gasteiger partial charge in [0.15, 0.2) is 0 Å². The smallest absolute Gasteiger partial charge is 0.320 e. The summed E-state index contributed by atoms with van der Waals surface area (Å²) in [5, 5.41) is 9.99. The SMILES string of the molecule is N[C@H](Cc1cc2ccccc2nc1Cl)C(=O)O. The summed E-state index contributed by atoms with van der Waals surface area (Å²) >= 11 is 5.99. The number of carbonyl (C=O) groups is 1. The molecule has 0 saturated carbocycles. The molecule has 0 saturated heterocycles. The van der Waals surface area contributed by atoms with E-state index in [9.17, 15) is 4.79 Å². The molecular formula is C12H11ClN2O2. The van der Waals surface area contributed by atoms with Crippen molar-refractivity contribution in [1.82, 2.24) is 4.98 Å². The molecule has 1 aromatic carbocycles. The number of pyridine rings is 1. The molecule has 1 atom stereocenters. The summed E-state index contributed by atoms with van der Waals surface area (Å²) in [6.07, 6.45) is 0.173. The molecule has 0 amide bonds. The van der Waals surface area contributed by atoms with E-state index in [0.717, 1.165) is 10.9 Å². The molecule has 17 heavy (non-hydrogen) atoms. The predicted molar refractivity (Wildman–Crippen MR) is 66.1 cm³/mol. The number of para-hydroxylation sites is 1. The summed E-state index contributed by atoms with van der Waals surface area (Å²) in [6, 6.07) is 8.37. The molecule has 0 bridgehead atoms. The summed E-state index contributed by atoms with van der Waals surface area (Å²) in [5.41, 5.74) is 6.91. The number of fused-ring (bicyclic) bond motifs is 1. The van der Waals surface area contributed by atoms with Crippen molar-refractivity contribution in [3.8, 4) is 0 Å². The quantitative estimate of drug-likeness (QED) is 0.815. The largest absolute Gasteiger partial charge is 0.480 e. The number of hydrogen-bond donors (Lipinski definition) is 2. The summed E-state index contributed by atoms with van der Waals surface area (Å²) < 4.78 is 0. The molecule has 5 heteroatoms. The van der Waals surface area contributed by atoms with E-state index in [1.165, 1.54) is 0 Å². The Balaban J connectivity index is 2.40. The minimum atomic E-state index is -1.05. The highest BCUT2D eigenvalue weighted by atomic mass is 35.5. The second kappa shape index (κ2) is 4.69. The number of nitrogens with zero attached hydrogens (tertiary/aromatic N) is 1. The first-order valence-corrected chi connectivity index (χ1v) is 5.48. The molecule has 0 aliphatic carbocycles. The lowest BCUT2D eigenvalue weighted by Crippen LogP contribution is -2.32. The Morgan fingerprint density at radius 2 is 2.18 bits per heavy atom. The summed E-state index contributed by atoms with van der Waals surface area (Å²) in [7, 11) is 0. The van der Waals surface area contributed by atoms with Crippen molar-refractivity contribution in [2.45, 2.75) is 12.5 Å². The maximum Gasteiger partial charge on any atom is 0.320 e. The topological polar surface area (TPSA) is 76.2 Å². The van der Waals surface area contributed by atoms with Crippen molar-refractivity contribution in [1.29, 1.82) is 0 Å². The van der Waals surface area contributed by atoms with E-state index in [4.69, 9.17) is 22.4 Å². The van der Waals surface area contributed by atoms with Gasteiger partial charge in [0, 0.05) is 11.8 Å². The Labute approximate surface area is 103 Å². The Hall–Kier alpha value is -1.65. The normalized spacial score (nSPS) is 12.6. The molecule has 2 aromatic rings. The van der Waals surface area contributed by atoms with Gasteiger partial charge in [-0.1, -0.05) is 29.8 Å². The molecule has 4 nitrogen and oxygen atoms in total. The molecule has 0 fully saturated rings. The maximum atomic E-state index is 10.7. The van der Waals surface area contributed by atoms with Crippen LogP contribution < -0.4 is 5.73 Å². The zero-order valence-electron chi connectivity index (χ0n) is 8.93. The predicted octanol–water partition coefficient (Wildman–Crippen LogP) is 1.84. The first kappa shape index (κ1) is 11.8. The van der Waals surface area contributed by atoms with Crippen LogP contribution in [0, 0.1) is 0 Å². The van der Waals surface area contributed by atoms with E-state index in [-0.39, 0.29) is 6.42 Å². The van der Waals surface area contributed by atoms with E-state index in [1.54, 1.807) is 0 Å². The van der Waals surface area contributed by atoms with Gasteiger partial charge in [-0.15, -0.1) is 0 Å². The number of aliphatic carboxylic acids is 1. The van der Waals surface area contributed by atoms with Crippen LogP contribution in [-0.2, 0) is 11.2 Å². The molecule has 0 unspecified atom stereocenters. The molecule has 0 spiro atoms. The molecule has 0 radical (unpaired) electrons. The van der Waals surface area contributed by atoms with Crippen LogP contribution in [0.5, 0.6) is 0 Å². The third-order valence-corrected chi connectivity index (χ3v) is 2.83. The molecule has 1 aromatic heterocycles. The van der Waals surface area contributed by atoms with Gasteiger partial charge in [0.05, 0.1) is 5.52 Å². The highest BCUT2D eigenvalue weighted by molar-refractivity contribution is 6.30. The second-order valence-electron chi connectivity index (χ2n) is 3.78. The molecule has 0 aliphatic heterocycles. The molecule has 3 N–H and O–H groups in total. The van der Waals surface area contributed by atoms with Crippen LogP contribution in [0.3, 0.4) is 0 Å². The van der Waals surface area contributed by atoms with E-state index in [0.29, 0.717) is 10.7 Å². The van der Waals surface area contributed by atoms with Gasteiger partial charge in [0.2, 0.25) is 0 Å². The van der Waals surface area contributed by atoms with Gasteiger partial charge in [-0.3, -0.25) is 4.79 Å². The van der Waals surface area contributed by atoms with Crippen molar-refractivity contribution in [3.05, 3.63) is 41.0 Å². The Kier molecular flexibility index (Phi) is 3.26. The summed E-state index contributed by atoms with van der Waals surface area (Å²) in [5.74, 6) is -1.05. The van der Waals surface area contributed by atoms with Crippen molar-refractivity contribution >= 4 is 28.5 Å². The number of rotatable bonds is 3. The Morgan fingerprint density at radius 1 is 1.47 bits per heavy atom. The standard InChI is InChI=1S/C12H11ClN2O2/c13-11-8(6-9(14)12(16)17)5-7-3-1-2-4-10(7)15-11/h1-5,9H,6,14H2,(H,16,17)/t9-/m1/s1. The molecule has 1 heterocycles. The summed E-state index contributed by atoms with van der Waals surface area (Å²) in [4.78, 5) is 14.9. The average molecular weight is 251 g/mol. The number of hydrogen-bond acceptors (Lipinski definition) is 3. The van der Waals surface area contributed by atoms with Crippen LogP contribution in [0.1, 0.15) is 5.56 Å². The zero-order valence-corrected chi connectivity index (χ0v) is 9.69. The van der Waals surface area contributed by atoms with Crippen LogP contribution in [0.2, 0.25) is 5.15 Å². The fourth-order valence-electron chi connectivity index (χ4n) is 1.60. The number of benzene rings is 1. The van der Waals surface area contributed by atoms with E-state index in [2.05, 4.69) is 4.98 Å². The Morgan fingerprint density at radius 3 is 2.88 bits per heavy atom. The highest BCUT2D eigenvalue weighted by Gasteiger charge is 2.15. The second-order valence-corrected chi connectivity index (χ2v) is 4.14. The number of halogens is 1. The van der Waals surface area contributed by atoms with Gasteiger partial charge >= 0.3 is 5.97 Å². The van der Waals surface area contributed by atoms with Crippen molar-refractivity contribution < 1.29 is 9.90 Å². The van der Waals surface area contributed by atoms with Crippen molar-refractivity contribution in [2.75, 3.05) is 0 Å². The van der Waals surface area contributed by atoms with Gasteiger partial charge in [-0.25, -0.2) is 4.98 Å². The monoisotopic (exact) mass is 250 g/mol. The van der Waals surface area contributed by atoms with Crippen LogP contribution in [0.25, 0.3) is 10.9 Å². The van der Waals surface area contributed by atoms with Gasteiger partial charge in [-0.05, 0) is 17.7 Å². The van der Waals surface area contributed by atoms with E-state index < -0.39 is 12.0 Å². The van der Waals surface area contributed by atoms with Crippen molar-refractivity contribution in [3.63, 3.8) is 0 Å². The van der Waals surface area contributed by atoms with Gasteiger partial charge in [0.1, 0.15) is 11.2 Å². The molecular weight excluding hydrogens is 240 g/mol. The molecule has 0 aliphatic rings. The third-order valence-electron chi connectivity index (χ3n) is 2.51. The molecule has 2 rings (SSSR count). The fourth-order valence-corrected chi connectivity index (χ4v) is 1.83. The third kappa shape index (κ3) is 2.54. The lowest BCUT2D eigenvalue weighted by atomic mass is 10.1. The Bertz CT molecular complexity index is 571. The van der Waals surface area contributed by atoms with Crippen LogP contribution >= 0.6 is 11.6 Å². The summed E-state index contributed by atoms with van der Waals surface area (Å²) in [6.45, 7) is 0. The first-order chi connectivity index (χ1) is 8.08. The number of carboxylic acids is 1. The van der Waals surface area contributed by atoms with Crippen LogP contribution in [-0.4, -0.2) is 22.1 Å². The number of nitrogens with two attached hydrogens (primary N) is 1. The van der Waals surface area contributed by atoms with Crippen LogP contribution in [0.4, 0.5) is 0 Å². The van der Waals surface area contributed by atoms with Crippen molar-refractivity contribution in [2.24, 2.45) is 5.73 Å². The van der Waals surface area contributed by atoms with E-state index >= 15 is 0 Å². The van der Waals surface area contributed by atoms with Crippen LogP contribution in [0.15, 0.2) is 30.3 Å². The molecule has 88 valence electrons. The lowest BCUT2D eigenvalue weighted by Gasteiger charge is -2.09. The zero-order chi connectivity index (χ0) is 12.4. The van der Waals surface area contributed by atoms with Gasteiger partial charge < -0.3 is 10.8 Å². The van der Waals surface area contributed by atoms with Gasteiger partial charge in [-0.2, -0.15) is 0 Å². The highest BCUT2D eigenvalue weighted by Crippen LogP contribution is 2.21.